The molecule has 0 saturated carbocycles. The van der Waals surface area contributed by atoms with Crippen LogP contribution in [0.5, 0.6) is 0 Å². The summed E-state index contributed by atoms with van der Waals surface area (Å²) < 4.78 is 6.42. The molecule has 2 aromatic rings. The minimum atomic E-state index is 0. The molecule has 0 fully saturated rings. The van der Waals surface area contributed by atoms with Crippen LogP contribution >= 0.6 is 51.2 Å². The Kier molecular flexibility index (Phi) is 8.24. The maximum atomic E-state index is 5.28. The fraction of sp³-hybridized carbons (Fsp3) is 0.308. The average molecular weight is 470 g/mol. The third-order valence-electron chi connectivity index (χ3n) is 2.55. The molecule has 20 heavy (non-hydrogen) atoms. The van der Waals surface area contributed by atoms with E-state index in [0.29, 0.717) is 0 Å². The molecule has 0 saturated heterocycles. The summed E-state index contributed by atoms with van der Waals surface area (Å²) >= 11 is 5.14. The van der Waals surface area contributed by atoms with E-state index in [0.717, 1.165) is 35.0 Å². The maximum absolute atomic E-state index is 5.28. The number of nitrogens with one attached hydrogen (secondary N) is 2. The second kappa shape index (κ2) is 9.41. The summed E-state index contributed by atoms with van der Waals surface area (Å²) in [5.41, 5.74) is 1.24. The predicted octanol–water partition coefficient (Wildman–Crippen LogP) is 3.63. The van der Waals surface area contributed by atoms with Crippen molar-refractivity contribution in [1.29, 1.82) is 0 Å². The van der Waals surface area contributed by atoms with Crippen molar-refractivity contribution in [1.82, 2.24) is 10.6 Å². The Hall–Kier alpha value is -0.540. The monoisotopic (exact) mass is 469 g/mol. The van der Waals surface area contributed by atoms with E-state index in [2.05, 4.69) is 43.0 Å². The summed E-state index contributed by atoms with van der Waals surface area (Å²) in [6.45, 7) is 1.56. The Labute approximate surface area is 148 Å². The highest BCUT2D eigenvalue weighted by Gasteiger charge is 2.01. The van der Waals surface area contributed by atoms with Gasteiger partial charge in [0.25, 0.3) is 0 Å². The van der Waals surface area contributed by atoms with Gasteiger partial charge in [-0.1, -0.05) is 0 Å². The Morgan fingerprint density at radius 3 is 2.90 bits per heavy atom. The molecule has 0 aliphatic heterocycles. The lowest BCUT2D eigenvalue weighted by Crippen LogP contribution is -2.37. The molecule has 0 bridgehead atoms. The molecule has 4 nitrogen and oxygen atoms in total. The number of halogens is 2. The Balaban J connectivity index is 0.00000200. The number of nitrogens with zero attached hydrogens (tertiary/aromatic N) is 1. The van der Waals surface area contributed by atoms with Gasteiger partial charge < -0.3 is 15.1 Å². The topological polar surface area (TPSA) is 49.6 Å². The third-order valence-corrected chi connectivity index (χ3v) is 4.10. The highest BCUT2D eigenvalue weighted by atomic mass is 127. The second-order valence-corrected chi connectivity index (χ2v) is 6.23. The molecule has 0 aliphatic rings. The van der Waals surface area contributed by atoms with Crippen molar-refractivity contribution in [3.63, 3.8) is 0 Å². The van der Waals surface area contributed by atoms with E-state index >= 15 is 0 Å². The minimum Gasteiger partial charge on any atom is -0.469 e. The second-order valence-electron chi connectivity index (χ2n) is 3.94. The lowest BCUT2D eigenvalue weighted by Gasteiger charge is -2.10. The van der Waals surface area contributed by atoms with Crippen molar-refractivity contribution in [3.05, 3.63) is 45.0 Å². The zero-order valence-electron chi connectivity index (χ0n) is 11.1. The molecule has 2 aromatic heterocycles. The van der Waals surface area contributed by atoms with Gasteiger partial charge in [0.1, 0.15) is 5.76 Å². The standard InChI is InChI=1S/C13H16BrN3OS.HI/c1-15-13(16-5-4-11-3-2-6-18-11)17-8-10-7-12(14)19-9-10;/h2-3,6-7,9H,4-5,8H2,1H3,(H2,15,16,17);1H. The van der Waals surface area contributed by atoms with E-state index in [4.69, 9.17) is 4.42 Å². The molecule has 0 spiro atoms. The zero-order valence-corrected chi connectivity index (χ0v) is 15.8. The summed E-state index contributed by atoms with van der Waals surface area (Å²) in [5, 5.41) is 8.65. The molecule has 7 heteroatoms. The first-order valence-electron chi connectivity index (χ1n) is 5.98. The quantitative estimate of drug-likeness (QED) is 0.399. The van der Waals surface area contributed by atoms with E-state index < -0.39 is 0 Å². The number of hydrogen-bond acceptors (Lipinski definition) is 3. The van der Waals surface area contributed by atoms with Gasteiger partial charge in [-0.3, -0.25) is 4.99 Å². The smallest absolute Gasteiger partial charge is 0.191 e. The number of thiophene rings is 1. The Bertz CT molecular complexity index is 527. The first kappa shape index (κ1) is 17.5. The van der Waals surface area contributed by atoms with Gasteiger partial charge in [-0.05, 0) is 45.1 Å². The molecule has 0 aliphatic carbocycles. The molecule has 0 aromatic carbocycles. The third kappa shape index (κ3) is 5.84. The molecule has 2 heterocycles. The van der Waals surface area contributed by atoms with Gasteiger partial charge in [0.05, 0.1) is 10.0 Å². The van der Waals surface area contributed by atoms with Crippen LogP contribution in [-0.4, -0.2) is 19.6 Å². The first-order valence-corrected chi connectivity index (χ1v) is 7.65. The largest absolute Gasteiger partial charge is 0.469 e. The van der Waals surface area contributed by atoms with Gasteiger partial charge in [0, 0.05) is 26.6 Å². The number of furan rings is 1. The molecule has 0 atom stereocenters. The summed E-state index contributed by atoms with van der Waals surface area (Å²) in [7, 11) is 1.77. The predicted molar refractivity (Wildman–Crippen MR) is 98.0 cm³/mol. The molecule has 0 amide bonds. The van der Waals surface area contributed by atoms with E-state index in [9.17, 15) is 0 Å². The van der Waals surface area contributed by atoms with Crippen LogP contribution in [0, 0.1) is 0 Å². The van der Waals surface area contributed by atoms with Crippen LogP contribution in [0.3, 0.4) is 0 Å². The van der Waals surface area contributed by atoms with Crippen LogP contribution in [0.4, 0.5) is 0 Å². The molecule has 110 valence electrons. The number of aliphatic imine (C=N–C) groups is 1. The van der Waals surface area contributed by atoms with Crippen LogP contribution in [0.15, 0.2) is 43.0 Å². The summed E-state index contributed by atoms with van der Waals surface area (Å²) in [4.78, 5) is 4.18. The highest BCUT2D eigenvalue weighted by molar-refractivity contribution is 14.0. The summed E-state index contributed by atoms with van der Waals surface area (Å²) in [6, 6.07) is 5.98. The van der Waals surface area contributed by atoms with Gasteiger partial charge in [-0.2, -0.15) is 0 Å². The molecule has 2 rings (SSSR count). The SMILES string of the molecule is CN=C(NCCc1ccco1)NCc1csc(Br)c1.I. The van der Waals surface area contributed by atoms with Crippen LogP contribution in [0.2, 0.25) is 0 Å². The highest BCUT2D eigenvalue weighted by Crippen LogP contribution is 2.20. The lowest BCUT2D eigenvalue weighted by molar-refractivity contribution is 0.507. The van der Waals surface area contributed by atoms with Gasteiger partial charge in [0.15, 0.2) is 5.96 Å². The summed E-state index contributed by atoms with van der Waals surface area (Å²) in [6.07, 6.45) is 2.54. The molecule has 2 N–H and O–H groups in total. The Morgan fingerprint density at radius 1 is 1.45 bits per heavy atom. The van der Waals surface area contributed by atoms with E-state index in [1.165, 1.54) is 5.56 Å². The first-order chi connectivity index (χ1) is 9.28. The number of rotatable bonds is 5. The van der Waals surface area contributed by atoms with Crippen molar-refractivity contribution in [2.24, 2.45) is 4.99 Å². The lowest BCUT2D eigenvalue weighted by atomic mass is 10.3. The van der Waals surface area contributed by atoms with E-state index in [1.54, 1.807) is 24.6 Å². The van der Waals surface area contributed by atoms with Crippen molar-refractivity contribution in [2.45, 2.75) is 13.0 Å². The van der Waals surface area contributed by atoms with Crippen molar-refractivity contribution in [2.75, 3.05) is 13.6 Å². The fourth-order valence-electron chi connectivity index (χ4n) is 1.60. The van der Waals surface area contributed by atoms with Crippen LogP contribution in [0.25, 0.3) is 0 Å². The van der Waals surface area contributed by atoms with Crippen LogP contribution < -0.4 is 10.6 Å². The molecule has 0 radical (unpaired) electrons. The van der Waals surface area contributed by atoms with Crippen molar-refractivity contribution >= 4 is 57.2 Å². The fourth-order valence-corrected chi connectivity index (χ4v) is 2.81. The van der Waals surface area contributed by atoms with E-state index in [-0.39, 0.29) is 24.0 Å². The van der Waals surface area contributed by atoms with Crippen LogP contribution in [0.1, 0.15) is 11.3 Å². The van der Waals surface area contributed by atoms with Crippen molar-refractivity contribution in [3.8, 4) is 0 Å². The van der Waals surface area contributed by atoms with Crippen LogP contribution in [-0.2, 0) is 13.0 Å². The van der Waals surface area contributed by atoms with Gasteiger partial charge in [0.2, 0.25) is 0 Å². The van der Waals surface area contributed by atoms with E-state index in [1.807, 2.05) is 12.1 Å². The molecular formula is C13H17BrIN3OS. The molecule has 0 unspecified atom stereocenters. The summed E-state index contributed by atoms with van der Waals surface area (Å²) in [5.74, 6) is 1.78. The van der Waals surface area contributed by atoms with Gasteiger partial charge >= 0.3 is 0 Å². The maximum Gasteiger partial charge on any atom is 0.191 e. The average Bonchev–Trinajstić information content (AvgIpc) is 3.05. The molecular weight excluding hydrogens is 453 g/mol. The Morgan fingerprint density at radius 2 is 2.30 bits per heavy atom. The van der Waals surface area contributed by atoms with Gasteiger partial charge in [-0.25, -0.2) is 0 Å². The number of guanidine groups is 1. The number of hydrogen-bond donors (Lipinski definition) is 2. The van der Waals surface area contributed by atoms with Gasteiger partial charge in [-0.15, -0.1) is 35.3 Å². The zero-order chi connectivity index (χ0) is 13.5. The normalized spacial score (nSPS) is 11.0. The van der Waals surface area contributed by atoms with Crippen molar-refractivity contribution < 1.29 is 4.42 Å². The minimum absolute atomic E-state index is 0.